The highest BCUT2D eigenvalue weighted by molar-refractivity contribution is 5.79. The van der Waals surface area contributed by atoms with Crippen LogP contribution in [0.15, 0.2) is 24.3 Å². The summed E-state index contributed by atoms with van der Waals surface area (Å²) < 4.78 is 0. The lowest BCUT2D eigenvalue weighted by atomic mass is 10.0. The lowest BCUT2D eigenvalue weighted by Crippen LogP contribution is -2.39. The lowest BCUT2D eigenvalue weighted by molar-refractivity contribution is -0.137. The Kier molecular flexibility index (Phi) is 4.79. The van der Waals surface area contributed by atoms with E-state index in [2.05, 4.69) is 19.9 Å². The molecule has 1 amide bonds. The van der Waals surface area contributed by atoms with Crippen molar-refractivity contribution in [1.29, 1.82) is 5.26 Å². The van der Waals surface area contributed by atoms with Gasteiger partial charge in [-0.05, 0) is 44.4 Å². The summed E-state index contributed by atoms with van der Waals surface area (Å²) in [4.78, 5) is 14.6. The minimum absolute atomic E-state index is 0.207. The molecule has 0 bridgehead atoms. The second-order valence-corrected chi connectivity index (χ2v) is 5.85. The van der Waals surface area contributed by atoms with Crippen LogP contribution in [0, 0.1) is 17.2 Å². The van der Waals surface area contributed by atoms with E-state index in [-0.39, 0.29) is 12.0 Å². The van der Waals surface area contributed by atoms with E-state index in [0.29, 0.717) is 18.0 Å². The van der Waals surface area contributed by atoms with Crippen molar-refractivity contribution in [2.24, 2.45) is 5.92 Å². The predicted molar refractivity (Wildman–Crippen MR) is 78.8 cm³/mol. The molecular formula is C17H22N2O. The van der Waals surface area contributed by atoms with Gasteiger partial charge in [-0.25, -0.2) is 0 Å². The van der Waals surface area contributed by atoms with Gasteiger partial charge in [0, 0.05) is 18.5 Å². The van der Waals surface area contributed by atoms with Crippen LogP contribution in [0.4, 0.5) is 0 Å². The number of nitrogens with zero attached hydrogens (tertiary/aromatic N) is 2. The second kappa shape index (κ2) is 6.56. The summed E-state index contributed by atoms with van der Waals surface area (Å²) in [5.41, 5.74) is 1.75. The first-order valence-corrected chi connectivity index (χ1v) is 7.41. The Hall–Kier alpha value is -1.82. The number of hydrogen-bond acceptors (Lipinski definition) is 2. The Morgan fingerprint density at radius 2 is 1.90 bits per heavy atom. The van der Waals surface area contributed by atoms with Crippen molar-refractivity contribution in [1.82, 2.24) is 4.90 Å². The van der Waals surface area contributed by atoms with E-state index in [1.54, 1.807) is 0 Å². The predicted octanol–water partition coefficient (Wildman–Crippen LogP) is 3.49. The fraction of sp³-hybridized carbons (Fsp3) is 0.529. The van der Waals surface area contributed by atoms with Gasteiger partial charge in [0.2, 0.25) is 5.91 Å². The monoisotopic (exact) mass is 270 g/mol. The molecule has 3 heteroatoms. The largest absolute Gasteiger partial charge is 0.336 e. The topological polar surface area (TPSA) is 44.1 Å². The third-order valence-electron chi connectivity index (χ3n) is 4.05. The zero-order valence-electron chi connectivity index (χ0n) is 12.3. The number of nitriles is 1. The van der Waals surface area contributed by atoms with Crippen molar-refractivity contribution in [3.05, 3.63) is 35.4 Å². The summed E-state index contributed by atoms with van der Waals surface area (Å²) in [6.07, 6.45) is 4.43. The molecule has 1 fully saturated rings. The maximum atomic E-state index is 12.6. The van der Waals surface area contributed by atoms with Gasteiger partial charge in [-0.1, -0.05) is 25.0 Å². The Balaban J connectivity index is 2.08. The Labute approximate surface area is 121 Å². The van der Waals surface area contributed by atoms with E-state index in [4.69, 9.17) is 5.26 Å². The van der Waals surface area contributed by atoms with E-state index in [0.717, 1.165) is 18.4 Å². The minimum atomic E-state index is 0.207. The molecule has 1 aliphatic rings. The molecule has 2 rings (SSSR count). The number of amides is 1. The number of carbonyl (C=O) groups is 1. The molecule has 0 radical (unpaired) electrons. The van der Waals surface area contributed by atoms with Crippen molar-refractivity contribution >= 4 is 5.91 Å². The van der Waals surface area contributed by atoms with Gasteiger partial charge in [0.1, 0.15) is 0 Å². The maximum Gasteiger partial charge on any atom is 0.226 e. The molecule has 0 unspecified atom stereocenters. The molecule has 1 saturated carbocycles. The Morgan fingerprint density at radius 1 is 1.30 bits per heavy atom. The number of benzene rings is 1. The average molecular weight is 270 g/mol. The summed E-state index contributed by atoms with van der Waals surface area (Å²) in [7, 11) is 0. The van der Waals surface area contributed by atoms with Gasteiger partial charge < -0.3 is 4.90 Å². The standard InChI is InChI=1S/C17H22N2O/c1-13(2)19(17(20)16-5-3-4-6-16)12-15-9-7-14(11-18)8-10-15/h7-10,13,16H,3-6,12H2,1-2H3. The van der Waals surface area contributed by atoms with Crippen LogP contribution in [0.25, 0.3) is 0 Å². The maximum absolute atomic E-state index is 12.6. The highest BCUT2D eigenvalue weighted by Crippen LogP contribution is 2.27. The lowest BCUT2D eigenvalue weighted by Gasteiger charge is -2.29. The van der Waals surface area contributed by atoms with Crippen LogP contribution in [0.5, 0.6) is 0 Å². The second-order valence-electron chi connectivity index (χ2n) is 5.85. The highest BCUT2D eigenvalue weighted by atomic mass is 16.2. The van der Waals surface area contributed by atoms with E-state index in [1.807, 2.05) is 29.2 Å². The molecule has 1 aliphatic carbocycles. The molecule has 0 aromatic heterocycles. The fourth-order valence-corrected chi connectivity index (χ4v) is 2.80. The quantitative estimate of drug-likeness (QED) is 0.840. The SMILES string of the molecule is CC(C)N(Cc1ccc(C#N)cc1)C(=O)C1CCCC1. The summed E-state index contributed by atoms with van der Waals surface area (Å²) >= 11 is 0. The van der Waals surface area contributed by atoms with Crippen molar-refractivity contribution in [3.8, 4) is 6.07 Å². The van der Waals surface area contributed by atoms with Gasteiger partial charge in [-0.3, -0.25) is 4.79 Å². The van der Waals surface area contributed by atoms with E-state index >= 15 is 0 Å². The summed E-state index contributed by atoms with van der Waals surface area (Å²) in [5, 5.41) is 8.82. The van der Waals surface area contributed by atoms with Crippen LogP contribution < -0.4 is 0 Å². The van der Waals surface area contributed by atoms with Gasteiger partial charge >= 0.3 is 0 Å². The van der Waals surface area contributed by atoms with E-state index in [9.17, 15) is 4.79 Å². The van der Waals surface area contributed by atoms with E-state index in [1.165, 1.54) is 12.8 Å². The summed E-state index contributed by atoms with van der Waals surface area (Å²) in [6.45, 7) is 4.77. The molecule has 0 spiro atoms. The van der Waals surface area contributed by atoms with E-state index < -0.39 is 0 Å². The first-order valence-electron chi connectivity index (χ1n) is 7.41. The zero-order valence-corrected chi connectivity index (χ0v) is 12.3. The first-order chi connectivity index (χ1) is 9.61. The molecule has 1 aromatic carbocycles. The molecule has 0 heterocycles. The zero-order chi connectivity index (χ0) is 14.5. The van der Waals surface area contributed by atoms with Crippen LogP contribution in [-0.4, -0.2) is 16.8 Å². The van der Waals surface area contributed by atoms with Crippen molar-refractivity contribution in [2.45, 2.75) is 52.1 Å². The first kappa shape index (κ1) is 14.6. The number of hydrogen-bond donors (Lipinski definition) is 0. The molecule has 3 nitrogen and oxygen atoms in total. The van der Waals surface area contributed by atoms with Crippen molar-refractivity contribution in [3.63, 3.8) is 0 Å². The Bertz CT molecular complexity index is 493. The van der Waals surface area contributed by atoms with Crippen LogP contribution in [0.3, 0.4) is 0 Å². The highest BCUT2D eigenvalue weighted by Gasteiger charge is 2.28. The van der Waals surface area contributed by atoms with Crippen LogP contribution in [0.1, 0.15) is 50.7 Å². The molecule has 0 atom stereocenters. The van der Waals surface area contributed by atoms with Crippen molar-refractivity contribution in [2.75, 3.05) is 0 Å². The third-order valence-corrected chi connectivity index (χ3v) is 4.05. The van der Waals surface area contributed by atoms with Crippen LogP contribution >= 0.6 is 0 Å². The number of carbonyl (C=O) groups excluding carboxylic acids is 1. The summed E-state index contributed by atoms with van der Waals surface area (Å²) in [5.74, 6) is 0.512. The number of rotatable bonds is 4. The Morgan fingerprint density at radius 3 is 2.40 bits per heavy atom. The molecule has 0 aliphatic heterocycles. The average Bonchev–Trinajstić information content (AvgIpc) is 2.98. The normalized spacial score (nSPS) is 15.3. The van der Waals surface area contributed by atoms with Crippen LogP contribution in [-0.2, 0) is 11.3 Å². The molecule has 20 heavy (non-hydrogen) atoms. The van der Waals surface area contributed by atoms with Gasteiger partial charge in [-0.2, -0.15) is 5.26 Å². The summed E-state index contributed by atoms with van der Waals surface area (Å²) in [6, 6.07) is 9.83. The smallest absolute Gasteiger partial charge is 0.226 e. The van der Waals surface area contributed by atoms with Gasteiger partial charge in [0.15, 0.2) is 0 Å². The minimum Gasteiger partial charge on any atom is -0.336 e. The molecule has 106 valence electrons. The van der Waals surface area contributed by atoms with Gasteiger partial charge in [0.25, 0.3) is 0 Å². The molecule has 0 N–H and O–H groups in total. The molecule has 0 saturated heterocycles. The fourth-order valence-electron chi connectivity index (χ4n) is 2.80. The third kappa shape index (κ3) is 3.39. The van der Waals surface area contributed by atoms with Gasteiger partial charge in [0.05, 0.1) is 11.6 Å². The molecule has 1 aromatic rings. The molecular weight excluding hydrogens is 248 g/mol. The van der Waals surface area contributed by atoms with Crippen molar-refractivity contribution < 1.29 is 4.79 Å². The van der Waals surface area contributed by atoms with Crippen LogP contribution in [0.2, 0.25) is 0 Å². The van der Waals surface area contributed by atoms with Gasteiger partial charge in [-0.15, -0.1) is 0 Å².